The van der Waals surface area contributed by atoms with Gasteiger partial charge in [-0.1, -0.05) is 11.2 Å². The van der Waals surface area contributed by atoms with Gasteiger partial charge in [0.1, 0.15) is 11.6 Å². The lowest BCUT2D eigenvalue weighted by Crippen LogP contribution is -2.27. The normalized spacial score (nSPS) is 19.7. The molecule has 1 fully saturated rings. The highest BCUT2D eigenvalue weighted by Crippen LogP contribution is 2.43. The van der Waals surface area contributed by atoms with Crippen molar-refractivity contribution in [2.45, 2.75) is 38.1 Å². The van der Waals surface area contributed by atoms with Gasteiger partial charge in [-0.2, -0.15) is 0 Å². The van der Waals surface area contributed by atoms with E-state index in [0.29, 0.717) is 24.1 Å². The molecule has 0 bridgehead atoms. The van der Waals surface area contributed by atoms with Crippen LogP contribution in [0.4, 0.5) is 8.78 Å². The number of aromatic nitrogens is 1. The molecule has 4 nitrogen and oxygen atoms in total. The fourth-order valence-electron chi connectivity index (χ4n) is 2.70. The Balaban J connectivity index is 1.54. The molecule has 0 aliphatic heterocycles. The molecule has 1 aliphatic rings. The second kappa shape index (κ2) is 6.28. The largest absolute Gasteiger partial charge is 0.353 e. The molecule has 1 amide bonds. The van der Waals surface area contributed by atoms with Crippen molar-refractivity contribution in [1.82, 2.24) is 10.5 Å². The number of halogens is 3. The third-order valence-electron chi connectivity index (χ3n) is 4.05. The van der Waals surface area contributed by atoms with Gasteiger partial charge in [0.25, 0.3) is 0 Å². The molecular weight excluding hydrogens is 326 g/mol. The van der Waals surface area contributed by atoms with E-state index in [1.807, 2.05) is 0 Å². The zero-order valence-corrected chi connectivity index (χ0v) is 13.2. The molecule has 1 aromatic carbocycles. The molecule has 1 heterocycles. The maximum absolute atomic E-state index is 13.7. The molecule has 0 radical (unpaired) electrons. The van der Waals surface area contributed by atoms with E-state index in [2.05, 4.69) is 10.5 Å². The predicted molar refractivity (Wildman–Crippen MR) is 80.2 cm³/mol. The number of aryl methyl sites for hydroxylation is 1. The quantitative estimate of drug-likeness (QED) is 0.906. The molecule has 23 heavy (non-hydrogen) atoms. The van der Waals surface area contributed by atoms with Crippen molar-refractivity contribution in [2.24, 2.45) is 0 Å². The molecule has 2 atom stereocenters. The molecule has 0 unspecified atom stereocenters. The average molecular weight is 341 g/mol. The number of rotatable bonds is 5. The molecule has 1 saturated carbocycles. The van der Waals surface area contributed by atoms with Crippen molar-refractivity contribution < 1.29 is 18.1 Å². The predicted octanol–water partition coefficient (Wildman–Crippen LogP) is 3.52. The molecule has 1 N–H and O–H groups in total. The van der Waals surface area contributed by atoms with Gasteiger partial charge in [-0.3, -0.25) is 4.79 Å². The Hall–Kier alpha value is -1.95. The van der Waals surface area contributed by atoms with Crippen LogP contribution in [0.15, 0.2) is 22.7 Å². The number of carbonyl (C=O) groups is 1. The minimum Gasteiger partial charge on any atom is -0.353 e. The Labute approximate surface area is 136 Å². The Kier molecular flexibility index (Phi) is 4.35. The third-order valence-corrected chi connectivity index (χ3v) is 4.34. The highest BCUT2D eigenvalue weighted by Gasteiger charge is 2.42. The molecule has 1 aromatic heterocycles. The van der Waals surface area contributed by atoms with Crippen LogP contribution in [0.1, 0.15) is 35.6 Å². The Morgan fingerprint density at radius 3 is 2.74 bits per heavy atom. The molecule has 122 valence electrons. The number of nitrogens with one attached hydrogen (secondary N) is 1. The van der Waals surface area contributed by atoms with Gasteiger partial charge in [-0.25, -0.2) is 8.78 Å². The van der Waals surface area contributed by atoms with Crippen molar-refractivity contribution in [2.75, 3.05) is 0 Å². The fourth-order valence-corrected chi connectivity index (χ4v) is 2.96. The first kappa shape index (κ1) is 15.9. The van der Waals surface area contributed by atoms with E-state index < -0.39 is 11.6 Å². The summed E-state index contributed by atoms with van der Waals surface area (Å²) >= 11 is 5.84. The minimum absolute atomic E-state index is 0.0516. The lowest BCUT2D eigenvalue weighted by Gasteiger charge is -2.06. The summed E-state index contributed by atoms with van der Waals surface area (Å²) in [7, 11) is 0. The van der Waals surface area contributed by atoms with Crippen molar-refractivity contribution >= 4 is 17.5 Å². The maximum Gasteiger partial charge on any atom is 0.229 e. The van der Waals surface area contributed by atoms with Crippen molar-refractivity contribution in [3.8, 4) is 0 Å². The van der Waals surface area contributed by atoms with Crippen LogP contribution in [-0.4, -0.2) is 17.1 Å². The summed E-state index contributed by atoms with van der Waals surface area (Å²) < 4.78 is 32.2. The first-order chi connectivity index (χ1) is 11.0. The van der Waals surface area contributed by atoms with Gasteiger partial charge < -0.3 is 9.84 Å². The van der Waals surface area contributed by atoms with Crippen LogP contribution in [0, 0.1) is 18.6 Å². The van der Waals surface area contributed by atoms with Gasteiger partial charge in [-0.15, -0.1) is 0 Å². The monoisotopic (exact) mass is 340 g/mol. The van der Waals surface area contributed by atoms with Crippen LogP contribution in [0.5, 0.6) is 0 Å². The van der Waals surface area contributed by atoms with E-state index >= 15 is 0 Å². The van der Waals surface area contributed by atoms with E-state index in [1.54, 1.807) is 6.92 Å². The van der Waals surface area contributed by atoms with Crippen molar-refractivity contribution in [3.05, 3.63) is 51.9 Å². The van der Waals surface area contributed by atoms with Crippen molar-refractivity contribution in [3.63, 3.8) is 0 Å². The van der Waals surface area contributed by atoms with Gasteiger partial charge >= 0.3 is 0 Å². The molecule has 0 saturated heterocycles. The summed E-state index contributed by atoms with van der Waals surface area (Å²) in [4.78, 5) is 12.0. The summed E-state index contributed by atoms with van der Waals surface area (Å²) in [6.45, 7) is 1.75. The topological polar surface area (TPSA) is 55.1 Å². The highest BCUT2D eigenvalue weighted by molar-refractivity contribution is 6.29. The summed E-state index contributed by atoms with van der Waals surface area (Å²) in [5.41, 5.74) is 1.41. The zero-order valence-electron chi connectivity index (χ0n) is 12.4. The molecule has 2 aromatic rings. The number of hydrogen-bond donors (Lipinski definition) is 1. The SMILES string of the molecule is Cc1noc(Cl)c1CCC(=O)N[C@@H]1C[C@H]1c1c(F)cccc1F. The van der Waals surface area contributed by atoms with Gasteiger partial charge in [0.15, 0.2) is 0 Å². The van der Waals surface area contributed by atoms with E-state index in [9.17, 15) is 13.6 Å². The lowest BCUT2D eigenvalue weighted by atomic mass is 10.1. The molecule has 0 spiro atoms. The van der Waals surface area contributed by atoms with E-state index in [-0.39, 0.29) is 35.1 Å². The Morgan fingerprint density at radius 1 is 1.43 bits per heavy atom. The summed E-state index contributed by atoms with van der Waals surface area (Å²) in [6, 6.07) is 3.56. The van der Waals surface area contributed by atoms with E-state index in [0.717, 1.165) is 0 Å². The number of nitrogens with zero attached hydrogens (tertiary/aromatic N) is 1. The van der Waals surface area contributed by atoms with Crippen LogP contribution in [0.3, 0.4) is 0 Å². The number of benzene rings is 1. The van der Waals surface area contributed by atoms with Crippen LogP contribution in [-0.2, 0) is 11.2 Å². The lowest BCUT2D eigenvalue weighted by molar-refractivity contribution is -0.121. The highest BCUT2D eigenvalue weighted by atomic mass is 35.5. The van der Waals surface area contributed by atoms with Gasteiger partial charge in [0, 0.05) is 29.5 Å². The van der Waals surface area contributed by atoms with Crippen LogP contribution >= 0.6 is 11.6 Å². The molecular formula is C16H15ClF2N2O2. The van der Waals surface area contributed by atoms with Crippen LogP contribution in [0.2, 0.25) is 5.22 Å². The summed E-state index contributed by atoms with van der Waals surface area (Å²) in [5.74, 6) is -1.63. The zero-order chi connectivity index (χ0) is 16.6. The van der Waals surface area contributed by atoms with E-state index in [4.69, 9.17) is 16.1 Å². The van der Waals surface area contributed by atoms with Crippen LogP contribution in [0.25, 0.3) is 0 Å². The Bertz CT molecular complexity index is 708. The molecule has 7 heteroatoms. The number of amides is 1. The smallest absolute Gasteiger partial charge is 0.229 e. The first-order valence-electron chi connectivity index (χ1n) is 7.31. The van der Waals surface area contributed by atoms with E-state index in [1.165, 1.54) is 18.2 Å². The summed E-state index contributed by atoms with van der Waals surface area (Å²) in [5, 5.41) is 6.70. The van der Waals surface area contributed by atoms with Crippen molar-refractivity contribution in [1.29, 1.82) is 0 Å². The van der Waals surface area contributed by atoms with Crippen LogP contribution < -0.4 is 5.32 Å². The number of carbonyl (C=O) groups excluding carboxylic acids is 1. The minimum atomic E-state index is -0.571. The van der Waals surface area contributed by atoms with Gasteiger partial charge in [0.2, 0.25) is 11.1 Å². The third kappa shape index (κ3) is 3.37. The second-order valence-electron chi connectivity index (χ2n) is 5.67. The second-order valence-corrected chi connectivity index (χ2v) is 6.02. The molecule has 3 rings (SSSR count). The standard InChI is InChI=1S/C16H15ClF2N2O2/c1-8-9(16(17)23-21-8)5-6-14(22)20-13-7-10(13)15-11(18)3-2-4-12(15)19/h2-4,10,13H,5-7H2,1H3,(H,20,22)/t10-,13-/m1/s1. The average Bonchev–Trinajstić information content (AvgIpc) is 3.15. The number of hydrogen-bond acceptors (Lipinski definition) is 3. The van der Waals surface area contributed by atoms with Gasteiger partial charge in [-0.05, 0) is 43.5 Å². The molecule has 1 aliphatic carbocycles. The summed E-state index contributed by atoms with van der Waals surface area (Å²) in [6.07, 6.45) is 1.16. The van der Waals surface area contributed by atoms with Gasteiger partial charge in [0.05, 0.1) is 5.69 Å². The first-order valence-corrected chi connectivity index (χ1v) is 7.69. The Morgan fingerprint density at radius 2 is 2.13 bits per heavy atom. The fraction of sp³-hybridized carbons (Fsp3) is 0.375. The maximum atomic E-state index is 13.7.